The molecule has 1 aliphatic rings. The maximum absolute atomic E-state index is 13.6. The lowest BCUT2D eigenvalue weighted by molar-refractivity contribution is 0.336. The summed E-state index contributed by atoms with van der Waals surface area (Å²) in [6, 6.07) is 5.68. The molecule has 2 nitrogen and oxygen atoms in total. The molecule has 1 aliphatic carbocycles. The molecule has 0 amide bonds. The van der Waals surface area contributed by atoms with Crippen molar-refractivity contribution in [1.82, 2.24) is 5.32 Å². The van der Waals surface area contributed by atoms with Crippen molar-refractivity contribution in [1.29, 1.82) is 0 Å². The van der Waals surface area contributed by atoms with E-state index in [4.69, 9.17) is 4.74 Å². The Morgan fingerprint density at radius 3 is 2.55 bits per heavy atom. The molecule has 1 atom stereocenters. The topological polar surface area (TPSA) is 21.3 Å². The molecule has 1 fully saturated rings. The van der Waals surface area contributed by atoms with Crippen LogP contribution in [-0.4, -0.2) is 13.2 Å². The number of rotatable bonds is 5. The van der Waals surface area contributed by atoms with E-state index in [2.05, 4.69) is 12.2 Å². The predicted molar refractivity (Wildman–Crippen MR) is 80.4 cm³/mol. The van der Waals surface area contributed by atoms with Crippen molar-refractivity contribution >= 4 is 0 Å². The summed E-state index contributed by atoms with van der Waals surface area (Å²) in [6.07, 6.45) is 8.12. The number of hydrogen-bond acceptors (Lipinski definition) is 2. The summed E-state index contributed by atoms with van der Waals surface area (Å²) in [5.41, 5.74) is 0.976. The first-order valence-corrected chi connectivity index (χ1v) is 7.76. The molecule has 0 aromatic heterocycles. The Morgan fingerprint density at radius 2 is 1.95 bits per heavy atom. The van der Waals surface area contributed by atoms with Gasteiger partial charge in [0.2, 0.25) is 0 Å². The van der Waals surface area contributed by atoms with E-state index in [0.29, 0.717) is 11.8 Å². The van der Waals surface area contributed by atoms with Crippen LogP contribution in [0.4, 0.5) is 4.39 Å². The fraction of sp³-hybridized carbons (Fsp3) is 0.647. The molecule has 1 saturated carbocycles. The maximum atomic E-state index is 13.6. The highest BCUT2D eigenvalue weighted by Gasteiger charge is 2.18. The molecule has 0 bridgehead atoms. The fourth-order valence-electron chi connectivity index (χ4n) is 3.08. The lowest BCUT2D eigenvalue weighted by Gasteiger charge is -2.23. The van der Waals surface area contributed by atoms with Gasteiger partial charge in [0.1, 0.15) is 0 Å². The molecule has 1 aromatic carbocycles. The van der Waals surface area contributed by atoms with E-state index in [1.165, 1.54) is 45.6 Å². The van der Waals surface area contributed by atoms with Crippen molar-refractivity contribution in [2.45, 2.75) is 58.0 Å². The SMILES string of the molecule is COc1ccc(CN[C@@H](C)C2CCCCCC2)cc1F. The van der Waals surface area contributed by atoms with Gasteiger partial charge >= 0.3 is 0 Å². The number of nitrogens with one attached hydrogen (secondary N) is 1. The fourth-order valence-corrected chi connectivity index (χ4v) is 3.08. The highest BCUT2D eigenvalue weighted by atomic mass is 19.1. The minimum Gasteiger partial charge on any atom is -0.494 e. The molecule has 2 rings (SSSR count). The quantitative estimate of drug-likeness (QED) is 0.812. The van der Waals surface area contributed by atoms with Gasteiger partial charge in [0.15, 0.2) is 11.6 Å². The third-order valence-corrected chi connectivity index (χ3v) is 4.45. The molecule has 20 heavy (non-hydrogen) atoms. The van der Waals surface area contributed by atoms with E-state index in [-0.39, 0.29) is 5.82 Å². The molecular weight excluding hydrogens is 253 g/mol. The lowest BCUT2D eigenvalue weighted by Crippen LogP contribution is -2.32. The molecule has 0 unspecified atom stereocenters. The first kappa shape index (κ1) is 15.3. The Bertz CT molecular complexity index is 413. The van der Waals surface area contributed by atoms with Gasteiger partial charge in [-0.2, -0.15) is 0 Å². The molecule has 0 saturated heterocycles. The van der Waals surface area contributed by atoms with E-state index >= 15 is 0 Å². The van der Waals surface area contributed by atoms with Crippen molar-refractivity contribution < 1.29 is 9.13 Å². The Morgan fingerprint density at radius 1 is 1.25 bits per heavy atom. The summed E-state index contributed by atoms with van der Waals surface area (Å²) in [7, 11) is 1.49. The van der Waals surface area contributed by atoms with Crippen LogP contribution >= 0.6 is 0 Å². The van der Waals surface area contributed by atoms with Crippen molar-refractivity contribution in [2.75, 3.05) is 7.11 Å². The molecule has 112 valence electrons. The van der Waals surface area contributed by atoms with E-state index in [1.807, 2.05) is 6.07 Å². The lowest BCUT2D eigenvalue weighted by atomic mass is 9.93. The van der Waals surface area contributed by atoms with Gasteiger partial charge in [0, 0.05) is 12.6 Å². The zero-order valence-electron chi connectivity index (χ0n) is 12.6. The van der Waals surface area contributed by atoms with E-state index in [9.17, 15) is 4.39 Å². The molecule has 1 aromatic rings. The molecule has 0 aliphatic heterocycles. The molecule has 3 heteroatoms. The number of ether oxygens (including phenoxy) is 1. The third kappa shape index (κ3) is 4.20. The van der Waals surface area contributed by atoms with Crippen molar-refractivity contribution in [2.24, 2.45) is 5.92 Å². The van der Waals surface area contributed by atoms with Crippen molar-refractivity contribution in [3.8, 4) is 5.75 Å². The Labute approximate surface area is 121 Å². The Hall–Kier alpha value is -1.09. The molecular formula is C17H26FNO. The second-order valence-corrected chi connectivity index (χ2v) is 5.89. The van der Waals surface area contributed by atoms with E-state index < -0.39 is 0 Å². The summed E-state index contributed by atoms with van der Waals surface area (Å²) < 4.78 is 18.6. The highest BCUT2D eigenvalue weighted by Crippen LogP contribution is 2.25. The standard InChI is InChI=1S/C17H26FNO/c1-13(15-7-5-3-4-6-8-15)19-12-14-9-10-17(20-2)16(18)11-14/h9-11,13,15,19H,3-8,12H2,1-2H3/t13-/m0/s1. The van der Waals surface area contributed by atoms with Crippen molar-refractivity contribution in [3.05, 3.63) is 29.6 Å². The maximum Gasteiger partial charge on any atom is 0.165 e. The van der Waals surface area contributed by atoms with Gasteiger partial charge in [-0.25, -0.2) is 4.39 Å². The zero-order chi connectivity index (χ0) is 14.4. The van der Waals surface area contributed by atoms with E-state index in [0.717, 1.165) is 18.0 Å². The van der Waals surface area contributed by atoms with Crippen LogP contribution in [0.2, 0.25) is 0 Å². The second-order valence-electron chi connectivity index (χ2n) is 5.89. The minimum atomic E-state index is -0.283. The van der Waals surface area contributed by atoms with Crippen LogP contribution in [0.5, 0.6) is 5.75 Å². The van der Waals surface area contributed by atoms with Crippen LogP contribution in [0.15, 0.2) is 18.2 Å². The van der Waals surface area contributed by atoms with Crippen LogP contribution in [0.25, 0.3) is 0 Å². The molecule has 0 radical (unpaired) electrons. The van der Waals surface area contributed by atoms with Crippen LogP contribution in [-0.2, 0) is 6.54 Å². The summed E-state index contributed by atoms with van der Waals surface area (Å²) >= 11 is 0. The Kier molecular flexibility index (Phi) is 5.84. The van der Waals surface area contributed by atoms with Crippen LogP contribution in [0, 0.1) is 11.7 Å². The zero-order valence-corrected chi connectivity index (χ0v) is 12.6. The average Bonchev–Trinajstić information content (AvgIpc) is 2.74. The average molecular weight is 279 g/mol. The molecule has 1 N–H and O–H groups in total. The van der Waals surface area contributed by atoms with Gasteiger partial charge in [-0.3, -0.25) is 0 Å². The Balaban J connectivity index is 1.85. The number of halogens is 1. The normalized spacial score (nSPS) is 18.6. The van der Waals surface area contributed by atoms with Crippen LogP contribution in [0.1, 0.15) is 51.0 Å². The smallest absolute Gasteiger partial charge is 0.165 e. The number of hydrogen-bond donors (Lipinski definition) is 1. The number of methoxy groups -OCH3 is 1. The summed E-state index contributed by atoms with van der Waals surface area (Å²) in [4.78, 5) is 0. The monoisotopic (exact) mass is 279 g/mol. The van der Waals surface area contributed by atoms with Gasteiger partial charge < -0.3 is 10.1 Å². The first-order chi connectivity index (χ1) is 9.70. The van der Waals surface area contributed by atoms with Crippen molar-refractivity contribution in [3.63, 3.8) is 0 Å². The minimum absolute atomic E-state index is 0.283. The van der Waals surface area contributed by atoms with Gasteiger partial charge in [0.25, 0.3) is 0 Å². The summed E-state index contributed by atoms with van der Waals surface area (Å²) in [6.45, 7) is 2.98. The molecule has 0 heterocycles. The van der Waals surface area contributed by atoms with Gasteiger partial charge in [-0.1, -0.05) is 31.7 Å². The van der Waals surface area contributed by atoms with E-state index in [1.54, 1.807) is 12.1 Å². The van der Waals surface area contributed by atoms with Gasteiger partial charge in [0.05, 0.1) is 7.11 Å². The van der Waals surface area contributed by atoms with Gasteiger partial charge in [-0.05, 0) is 43.4 Å². The summed E-state index contributed by atoms with van der Waals surface area (Å²) in [5.74, 6) is 0.792. The first-order valence-electron chi connectivity index (χ1n) is 7.76. The van der Waals surface area contributed by atoms with Gasteiger partial charge in [-0.15, -0.1) is 0 Å². The van der Waals surface area contributed by atoms with Crippen LogP contribution in [0.3, 0.4) is 0 Å². The highest BCUT2D eigenvalue weighted by molar-refractivity contribution is 5.29. The third-order valence-electron chi connectivity index (χ3n) is 4.45. The predicted octanol–water partition coefficient (Wildman–Crippen LogP) is 4.28. The number of benzene rings is 1. The van der Waals surface area contributed by atoms with Crippen LogP contribution < -0.4 is 10.1 Å². The molecule has 0 spiro atoms. The largest absolute Gasteiger partial charge is 0.494 e. The summed E-state index contributed by atoms with van der Waals surface area (Å²) in [5, 5.41) is 3.55. The second kappa shape index (κ2) is 7.63.